The van der Waals surface area contributed by atoms with Crippen LogP contribution in [0.15, 0.2) is 72.3 Å². The molecule has 1 saturated heterocycles. The highest BCUT2D eigenvalue weighted by Crippen LogP contribution is 2.44. The molecule has 4 rings (SSSR count). The van der Waals surface area contributed by atoms with Crippen molar-refractivity contribution in [2.75, 3.05) is 13.2 Å². The molecular weight excluding hydrogens is 450 g/mol. The van der Waals surface area contributed by atoms with E-state index in [2.05, 4.69) is 94.4 Å². The standard InChI is InChI=1S/C30H41NO3Si/c1-22-18-19-25-26(22)20-31(28(32)34-29(2,3)4)27(25)21-33-35(30(5,6)7,23-14-10-8-11-15-23)24-16-12-9-13-17-24/h8-18,25-27H,19-21H2,1-7H3/t25-,26+,27+/m0/s1. The number of nitrogens with zero attached hydrogens (tertiary/aromatic N) is 1. The number of hydrogen-bond acceptors (Lipinski definition) is 3. The van der Waals surface area contributed by atoms with Crippen LogP contribution in [0, 0.1) is 11.8 Å². The highest BCUT2D eigenvalue weighted by molar-refractivity contribution is 6.99. The van der Waals surface area contributed by atoms with Gasteiger partial charge in [0.15, 0.2) is 0 Å². The number of amides is 1. The Morgan fingerprint density at radius 3 is 1.97 bits per heavy atom. The number of rotatable bonds is 5. The lowest BCUT2D eigenvalue weighted by molar-refractivity contribution is 0.0155. The van der Waals surface area contributed by atoms with Gasteiger partial charge in [0.1, 0.15) is 5.60 Å². The molecule has 0 spiro atoms. The summed E-state index contributed by atoms with van der Waals surface area (Å²) in [5, 5.41) is 2.42. The first-order valence-corrected chi connectivity index (χ1v) is 14.8. The Morgan fingerprint density at radius 2 is 1.49 bits per heavy atom. The van der Waals surface area contributed by atoms with Crippen LogP contribution in [0.5, 0.6) is 0 Å². The molecule has 0 N–H and O–H groups in total. The van der Waals surface area contributed by atoms with E-state index in [0.29, 0.717) is 25.0 Å². The van der Waals surface area contributed by atoms with Crippen LogP contribution in [0.2, 0.25) is 5.04 Å². The zero-order valence-corrected chi connectivity index (χ0v) is 23.4. The Hall–Kier alpha value is -2.37. The quantitative estimate of drug-likeness (QED) is 0.394. The zero-order chi connectivity index (χ0) is 25.4. The van der Waals surface area contributed by atoms with Crippen LogP contribution < -0.4 is 10.4 Å². The molecule has 2 aliphatic rings. The molecule has 3 atom stereocenters. The number of likely N-dealkylation sites (tertiary alicyclic amines) is 1. The van der Waals surface area contributed by atoms with Crippen molar-refractivity contribution in [2.24, 2.45) is 11.8 Å². The molecule has 0 aromatic heterocycles. The van der Waals surface area contributed by atoms with E-state index in [1.807, 2.05) is 25.7 Å². The maximum atomic E-state index is 13.3. The number of benzene rings is 2. The summed E-state index contributed by atoms with van der Waals surface area (Å²) < 4.78 is 13.1. The molecule has 1 aliphatic heterocycles. The van der Waals surface area contributed by atoms with Crippen molar-refractivity contribution in [1.29, 1.82) is 0 Å². The van der Waals surface area contributed by atoms with Crippen LogP contribution in [0.25, 0.3) is 0 Å². The van der Waals surface area contributed by atoms with Crippen LogP contribution in [0.4, 0.5) is 4.79 Å². The molecule has 0 saturated carbocycles. The van der Waals surface area contributed by atoms with Crippen molar-refractivity contribution in [1.82, 2.24) is 4.90 Å². The van der Waals surface area contributed by atoms with Gasteiger partial charge in [-0.25, -0.2) is 4.79 Å². The first-order chi connectivity index (χ1) is 16.4. The third-order valence-corrected chi connectivity index (χ3v) is 12.6. The zero-order valence-electron chi connectivity index (χ0n) is 22.4. The molecule has 4 nitrogen and oxygen atoms in total. The van der Waals surface area contributed by atoms with E-state index in [4.69, 9.17) is 9.16 Å². The number of carbonyl (C=O) groups is 1. The van der Waals surface area contributed by atoms with Gasteiger partial charge in [0.2, 0.25) is 0 Å². The fraction of sp³-hybridized carbons (Fsp3) is 0.500. The first kappa shape index (κ1) is 25.7. The van der Waals surface area contributed by atoms with Gasteiger partial charge in [-0.3, -0.25) is 0 Å². The predicted molar refractivity (Wildman–Crippen MR) is 146 cm³/mol. The minimum absolute atomic E-state index is 0.00907. The lowest BCUT2D eigenvalue weighted by Gasteiger charge is -2.44. The molecule has 1 fully saturated rings. The second-order valence-corrected chi connectivity index (χ2v) is 16.4. The average Bonchev–Trinajstić information content (AvgIpc) is 3.33. The topological polar surface area (TPSA) is 38.8 Å². The van der Waals surface area contributed by atoms with Gasteiger partial charge in [-0.2, -0.15) is 0 Å². The highest BCUT2D eigenvalue weighted by atomic mass is 28.4. The number of allylic oxidation sites excluding steroid dienone is 1. The van der Waals surface area contributed by atoms with Gasteiger partial charge in [0, 0.05) is 12.5 Å². The SMILES string of the molecule is CC1=CC[C@H]2[C@@H]1CN(C(=O)OC(C)(C)C)[C@@H]2CO[Si](c1ccccc1)(c1ccccc1)C(C)(C)C. The number of hydrogen-bond donors (Lipinski definition) is 0. The van der Waals surface area contributed by atoms with Gasteiger partial charge < -0.3 is 14.1 Å². The lowest BCUT2D eigenvalue weighted by Crippen LogP contribution is -2.67. The van der Waals surface area contributed by atoms with E-state index in [1.54, 1.807) is 0 Å². The summed E-state index contributed by atoms with van der Waals surface area (Å²) >= 11 is 0. The van der Waals surface area contributed by atoms with Gasteiger partial charge in [0.25, 0.3) is 8.32 Å². The maximum absolute atomic E-state index is 13.3. The Labute approximate surface area is 212 Å². The fourth-order valence-electron chi connectivity index (χ4n) is 5.97. The van der Waals surface area contributed by atoms with E-state index < -0.39 is 13.9 Å². The molecular formula is C30H41NO3Si. The Bertz CT molecular complexity index is 1010. The molecule has 2 aromatic rings. The summed E-state index contributed by atoms with van der Waals surface area (Å²) in [6, 6.07) is 21.4. The van der Waals surface area contributed by atoms with E-state index >= 15 is 0 Å². The van der Waals surface area contributed by atoms with Crippen molar-refractivity contribution in [3.05, 3.63) is 72.3 Å². The first-order valence-electron chi connectivity index (χ1n) is 12.9. The van der Waals surface area contributed by atoms with Crippen molar-refractivity contribution in [3.8, 4) is 0 Å². The molecule has 1 aliphatic carbocycles. The van der Waals surface area contributed by atoms with Crippen LogP contribution in [-0.4, -0.2) is 44.1 Å². The fourth-order valence-corrected chi connectivity index (χ4v) is 10.6. The van der Waals surface area contributed by atoms with Gasteiger partial charge in [-0.05, 0) is 55.4 Å². The monoisotopic (exact) mass is 491 g/mol. The summed E-state index contributed by atoms with van der Waals surface area (Å²) in [5.74, 6) is 0.760. The normalized spacial score (nSPS) is 22.7. The minimum Gasteiger partial charge on any atom is -0.444 e. The highest BCUT2D eigenvalue weighted by Gasteiger charge is 2.53. The van der Waals surface area contributed by atoms with Crippen LogP contribution in [0.1, 0.15) is 54.9 Å². The van der Waals surface area contributed by atoms with E-state index in [9.17, 15) is 4.79 Å². The second-order valence-electron chi connectivity index (χ2n) is 12.1. The summed E-state index contributed by atoms with van der Waals surface area (Å²) in [6.07, 6.45) is 3.11. The summed E-state index contributed by atoms with van der Waals surface area (Å²) in [5.41, 5.74) is 0.861. The van der Waals surface area contributed by atoms with Crippen LogP contribution in [-0.2, 0) is 9.16 Å². The largest absolute Gasteiger partial charge is 0.444 e. The Balaban J connectivity index is 1.72. The summed E-state index contributed by atoms with van der Waals surface area (Å²) in [4.78, 5) is 15.3. The van der Waals surface area contributed by atoms with Gasteiger partial charge in [-0.15, -0.1) is 0 Å². The molecule has 0 unspecified atom stereocenters. The predicted octanol–water partition coefficient (Wildman–Crippen LogP) is 5.76. The third kappa shape index (κ3) is 4.98. The average molecular weight is 492 g/mol. The molecule has 2 aromatic carbocycles. The third-order valence-electron chi connectivity index (χ3n) is 7.62. The Kier molecular flexibility index (Phi) is 7.04. The molecule has 35 heavy (non-hydrogen) atoms. The Morgan fingerprint density at radius 1 is 0.943 bits per heavy atom. The summed E-state index contributed by atoms with van der Waals surface area (Å²) in [6.45, 7) is 16.1. The molecule has 1 amide bonds. The number of ether oxygens (including phenoxy) is 1. The molecule has 0 bridgehead atoms. The smallest absolute Gasteiger partial charge is 0.410 e. The van der Waals surface area contributed by atoms with E-state index in [-0.39, 0.29) is 17.2 Å². The van der Waals surface area contributed by atoms with Gasteiger partial charge >= 0.3 is 6.09 Å². The summed E-state index contributed by atoms with van der Waals surface area (Å²) in [7, 11) is -2.68. The van der Waals surface area contributed by atoms with Crippen molar-refractivity contribution in [2.45, 2.75) is 71.6 Å². The molecule has 1 heterocycles. The number of fused-ring (bicyclic) bond motifs is 1. The van der Waals surface area contributed by atoms with Gasteiger partial charge in [-0.1, -0.05) is 93.1 Å². The van der Waals surface area contributed by atoms with Crippen LogP contribution in [0.3, 0.4) is 0 Å². The lowest BCUT2D eigenvalue weighted by atomic mass is 9.91. The molecule has 0 radical (unpaired) electrons. The number of carbonyl (C=O) groups excluding carboxylic acids is 1. The van der Waals surface area contributed by atoms with Crippen LogP contribution >= 0.6 is 0 Å². The maximum Gasteiger partial charge on any atom is 0.410 e. The van der Waals surface area contributed by atoms with Crippen molar-refractivity contribution in [3.63, 3.8) is 0 Å². The van der Waals surface area contributed by atoms with Gasteiger partial charge in [0.05, 0.1) is 12.6 Å². The molecule has 5 heteroatoms. The minimum atomic E-state index is -2.68. The second kappa shape index (κ2) is 9.59. The van der Waals surface area contributed by atoms with Crippen molar-refractivity contribution >= 4 is 24.8 Å². The van der Waals surface area contributed by atoms with E-state index in [1.165, 1.54) is 15.9 Å². The van der Waals surface area contributed by atoms with Crippen molar-refractivity contribution < 1.29 is 14.0 Å². The van der Waals surface area contributed by atoms with E-state index in [0.717, 1.165) is 6.42 Å². The molecule has 188 valence electrons.